The first-order valence-corrected chi connectivity index (χ1v) is 13.2. The van der Waals surface area contributed by atoms with E-state index in [1.807, 2.05) is 6.92 Å². The van der Waals surface area contributed by atoms with Crippen molar-refractivity contribution in [1.82, 2.24) is 14.6 Å². The van der Waals surface area contributed by atoms with Gasteiger partial charge in [0.25, 0.3) is 11.8 Å². The zero-order valence-electron chi connectivity index (χ0n) is 21.0. The van der Waals surface area contributed by atoms with Gasteiger partial charge in [-0.2, -0.15) is 4.37 Å². The molecule has 1 atom stereocenters. The third-order valence-corrected chi connectivity index (χ3v) is 7.30. The van der Waals surface area contributed by atoms with E-state index in [0.29, 0.717) is 23.5 Å². The molecule has 5 N–H and O–H groups in total. The summed E-state index contributed by atoms with van der Waals surface area (Å²) in [7, 11) is 0. The Kier molecular flexibility index (Phi) is 8.57. The molecule has 3 aromatic rings. The van der Waals surface area contributed by atoms with Gasteiger partial charge in [-0.25, -0.2) is 4.39 Å². The molecule has 1 unspecified atom stereocenters. The van der Waals surface area contributed by atoms with Gasteiger partial charge in [-0.05, 0) is 66.7 Å². The van der Waals surface area contributed by atoms with Crippen LogP contribution in [-0.4, -0.2) is 39.6 Å². The number of nitrogens with one attached hydrogen (secondary N) is 1. The van der Waals surface area contributed by atoms with Gasteiger partial charge in [-0.15, -0.1) is 0 Å². The zero-order valence-corrected chi connectivity index (χ0v) is 21.8. The Balaban J connectivity index is 1.78. The molecule has 1 aromatic heterocycles. The molecule has 1 aliphatic rings. The maximum absolute atomic E-state index is 14.0. The number of anilines is 1. The highest BCUT2D eigenvalue weighted by Gasteiger charge is 2.36. The number of benzene rings is 2. The predicted octanol–water partition coefficient (Wildman–Crippen LogP) is 3.80. The molecule has 0 radical (unpaired) electrons. The van der Waals surface area contributed by atoms with Crippen LogP contribution in [0.1, 0.15) is 69.9 Å². The molecule has 1 fully saturated rings. The lowest BCUT2D eigenvalue weighted by Gasteiger charge is -2.32. The van der Waals surface area contributed by atoms with Crippen LogP contribution in [-0.2, 0) is 11.3 Å². The highest BCUT2D eigenvalue weighted by Crippen LogP contribution is 2.32. The molecule has 0 bridgehead atoms. The number of halogens is 1. The second-order valence-electron chi connectivity index (χ2n) is 9.09. The number of nitrogen functional groups attached to an aromatic ring is 1. The molecule has 9 nitrogen and oxygen atoms in total. The van der Waals surface area contributed by atoms with Crippen molar-refractivity contribution in [2.45, 2.75) is 51.2 Å². The second kappa shape index (κ2) is 12.0. The van der Waals surface area contributed by atoms with Crippen LogP contribution in [0, 0.1) is 5.82 Å². The number of rotatable bonds is 10. The van der Waals surface area contributed by atoms with Gasteiger partial charge in [-0.1, -0.05) is 37.1 Å². The molecule has 4 rings (SSSR count). The molecule has 0 saturated heterocycles. The number of carbonyl (C=O) groups is 3. The molecular weight excluding hydrogens is 509 g/mol. The molecule has 0 aliphatic heterocycles. The Morgan fingerprint density at radius 2 is 1.79 bits per heavy atom. The van der Waals surface area contributed by atoms with E-state index in [1.165, 1.54) is 17.0 Å². The van der Waals surface area contributed by atoms with Crippen LogP contribution >= 0.6 is 11.5 Å². The average Bonchev–Trinajstić information content (AvgIpc) is 3.55. The number of hydrogen-bond acceptors (Lipinski definition) is 7. The second-order valence-corrected chi connectivity index (χ2v) is 9.87. The number of aromatic nitrogens is 1. The summed E-state index contributed by atoms with van der Waals surface area (Å²) in [5.41, 5.74) is 12.3. The van der Waals surface area contributed by atoms with E-state index in [0.717, 1.165) is 37.2 Å². The van der Waals surface area contributed by atoms with Gasteiger partial charge in [0.05, 0.1) is 12.3 Å². The Morgan fingerprint density at radius 3 is 2.37 bits per heavy atom. The summed E-state index contributed by atoms with van der Waals surface area (Å²) in [6, 6.07) is 11.6. The third kappa shape index (κ3) is 6.10. The predicted molar refractivity (Wildman–Crippen MR) is 142 cm³/mol. The first kappa shape index (κ1) is 27.1. The number of nitrogens with zero attached hydrogens (tertiary/aromatic N) is 2. The van der Waals surface area contributed by atoms with Gasteiger partial charge >= 0.3 is 0 Å². The van der Waals surface area contributed by atoms with Gasteiger partial charge in [0.2, 0.25) is 5.91 Å². The first-order chi connectivity index (χ1) is 18.3. The van der Waals surface area contributed by atoms with E-state index < -0.39 is 23.7 Å². The molecule has 1 aliphatic carbocycles. The van der Waals surface area contributed by atoms with Crippen LogP contribution in [0.2, 0.25) is 0 Å². The summed E-state index contributed by atoms with van der Waals surface area (Å²) in [4.78, 5) is 40.9. The highest BCUT2D eigenvalue weighted by atomic mass is 32.1. The van der Waals surface area contributed by atoms with E-state index >= 15 is 0 Å². The van der Waals surface area contributed by atoms with Crippen molar-refractivity contribution < 1.29 is 23.5 Å². The minimum atomic E-state index is -1.05. The van der Waals surface area contributed by atoms with E-state index in [9.17, 15) is 18.8 Å². The minimum absolute atomic E-state index is 0.00501. The summed E-state index contributed by atoms with van der Waals surface area (Å²) in [5.74, 6) is -1.61. The summed E-state index contributed by atoms with van der Waals surface area (Å²) in [6.45, 7) is 2.32. The molecule has 1 heterocycles. The maximum atomic E-state index is 14.0. The minimum Gasteiger partial charge on any atom is -0.494 e. The average molecular weight is 540 g/mol. The molecule has 3 amide bonds. The molecule has 2 aromatic carbocycles. The molecule has 0 spiro atoms. The quantitative estimate of drug-likeness (QED) is 0.358. The van der Waals surface area contributed by atoms with Crippen molar-refractivity contribution in [3.05, 3.63) is 76.0 Å². The van der Waals surface area contributed by atoms with Crippen molar-refractivity contribution in [1.29, 1.82) is 0 Å². The number of carbonyl (C=O) groups excluding carboxylic acids is 3. The van der Waals surface area contributed by atoms with E-state index in [4.69, 9.17) is 16.2 Å². The molecule has 1 saturated carbocycles. The fourth-order valence-electron chi connectivity index (χ4n) is 4.56. The lowest BCUT2D eigenvalue weighted by atomic mass is 10.0. The standard InChI is InChI=1S/C27H30FN5O4S/c1-2-37-20-13-9-17(10-14-20)23(26(35)31-19-5-3-4-6-19)33(15-16-7-11-18(28)12-8-16)27(36)24-21(29)22(25(30)34)32-38-24/h7-14,19,23H,2-6,15,29H2,1H3,(H2,30,34)(H,31,35). The van der Waals surface area contributed by atoms with Crippen LogP contribution in [0.4, 0.5) is 10.1 Å². The number of hydrogen-bond donors (Lipinski definition) is 3. The van der Waals surface area contributed by atoms with Gasteiger partial charge < -0.3 is 26.4 Å². The van der Waals surface area contributed by atoms with E-state index in [1.54, 1.807) is 36.4 Å². The van der Waals surface area contributed by atoms with Gasteiger partial charge in [0.1, 0.15) is 22.5 Å². The molecule has 38 heavy (non-hydrogen) atoms. The van der Waals surface area contributed by atoms with Crippen molar-refractivity contribution in [3.8, 4) is 5.75 Å². The SMILES string of the molecule is CCOc1ccc(C(C(=O)NC2CCCC2)N(Cc2ccc(F)cc2)C(=O)c2snc(C(N)=O)c2N)cc1. The fourth-order valence-corrected chi connectivity index (χ4v) is 5.32. The van der Waals surface area contributed by atoms with Crippen LogP contribution in [0.25, 0.3) is 0 Å². The summed E-state index contributed by atoms with van der Waals surface area (Å²) in [5, 5.41) is 3.10. The smallest absolute Gasteiger partial charge is 0.270 e. The molecule has 11 heteroatoms. The molecule has 200 valence electrons. The normalized spacial score (nSPS) is 14.2. The first-order valence-electron chi connectivity index (χ1n) is 12.4. The molecular formula is C27H30FN5O4S. The largest absolute Gasteiger partial charge is 0.494 e. The fraction of sp³-hybridized carbons (Fsp3) is 0.333. The van der Waals surface area contributed by atoms with Crippen molar-refractivity contribution >= 4 is 34.9 Å². The lowest BCUT2D eigenvalue weighted by Crippen LogP contribution is -2.45. The summed E-state index contributed by atoms with van der Waals surface area (Å²) < 4.78 is 23.1. The lowest BCUT2D eigenvalue weighted by molar-refractivity contribution is -0.126. The number of nitrogens with two attached hydrogens (primary N) is 2. The Bertz CT molecular complexity index is 1290. The van der Waals surface area contributed by atoms with Crippen molar-refractivity contribution in [3.63, 3.8) is 0 Å². The number of ether oxygens (including phenoxy) is 1. The Hall–Kier alpha value is -3.99. The topological polar surface area (TPSA) is 141 Å². The number of amides is 3. The third-order valence-electron chi connectivity index (χ3n) is 6.45. The van der Waals surface area contributed by atoms with Crippen LogP contribution in [0.5, 0.6) is 5.75 Å². The summed E-state index contributed by atoms with van der Waals surface area (Å²) in [6.07, 6.45) is 3.75. The van der Waals surface area contributed by atoms with E-state index in [-0.39, 0.29) is 34.8 Å². The summed E-state index contributed by atoms with van der Waals surface area (Å²) >= 11 is 0.741. The van der Waals surface area contributed by atoms with Crippen LogP contribution in [0.3, 0.4) is 0 Å². The number of primary amides is 1. The van der Waals surface area contributed by atoms with Gasteiger partial charge in [-0.3, -0.25) is 14.4 Å². The maximum Gasteiger partial charge on any atom is 0.270 e. The Labute approximate surface area is 224 Å². The zero-order chi connectivity index (χ0) is 27.2. The Morgan fingerprint density at radius 1 is 1.13 bits per heavy atom. The van der Waals surface area contributed by atoms with Crippen LogP contribution in [0.15, 0.2) is 48.5 Å². The van der Waals surface area contributed by atoms with Gasteiger partial charge in [0, 0.05) is 12.6 Å². The van der Waals surface area contributed by atoms with Crippen LogP contribution < -0.4 is 21.5 Å². The van der Waals surface area contributed by atoms with E-state index in [2.05, 4.69) is 9.69 Å². The van der Waals surface area contributed by atoms with Crippen molar-refractivity contribution in [2.75, 3.05) is 12.3 Å². The van der Waals surface area contributed by atoms with Crippen molar-refractivity contribution in [2.24, 2.45) is 5.73 Å². The highest BCUT2D eigenvalue weighted by molar-refractivity contribution is 7.09. The van der Waals surface area contributed by atoms with Gasteiger partial charge in [0.15, 0.2) is 5.69 Å². The monoisotopic (exact) mass is 539 g/mol.